The fraction of sp³-hybridized carbons (Fsp3) is 0.562. The van der Waals surface area contributed by atoms with E-state index in [2.05, 4.69) is 29.7 Å². The minimum Gasteiger partial charge on any atom is -0.328 e. The summed E-state index contributed by atoms with van der Waals surface area (Å²) in [5, 5.41) is 0. The number of hydrogen-bond donors (Lipinski definition) is 0. The summed E-state index contributed by atoms with van der Waals surface area (Å²) in [4.78, 5) is 4.82. The standard InChI is InChI=1S/C16H21ClN2/c1-12-5-4-8-14-16(12)18-15(9-10-17)19(14)11-13-6-2-3-7-13/h4-5,8,13H,2-3,6-7,9-11H2,1H3. The second-order valence-corrected chi connectivity index (χ2v) is 6.05. The number of aromatic nitrogens is 2. The van der Waals surface area contributed by atoms with Crippen molar-refractivity contribution in [3.63, 3.8) is 0 Å². The van der Waals surface area contributed by atoms with Gasteiger partial charge >= 0.3 is 0 Å². The van der Waals surface area contributed by atoms with Gasteiger partial charge in [0.1, 0.15) is 5.82 Å². The van der Waals surface area contributed by atoms with Crippen LogP contribution in [0.4, 0.5) is 0 Å². The van der Waals surface area contributed by atoms with Crippen molar-refractivity contribution in [2.24, 2.45) is 5.92 Å². The first kappa shape index (κ1) is 13.0. The third kappa shape index (κ3) is 2.51. The Labute approximate surface area is 119 Å². The van der Waals surface area contributed by atoms with Gasteiger partial charge < -0.3 is 4.57 Å². The summed E-state index contributed by atoms with van der Waals surface area (Å²) in [7, 11) is 0. The van der Waals surface area contributed by atoms with Crippen molar-refractivity contribution in [2.45, 2.75) is 45.6 Å². The van der Waals surface area contributed by atoms with E-state index in [9.17, 15) is 0 Å². The highest BCUT2D eigenvalue weighted by Crippen LogP contribution is 2.29. The van der Waals surface area contributed by atoms with E-state index < -0.39 is 0 Å². The molecule has 102 valence electrons. The lowest BCUT2D eigenvalue weighted by molar-refractivity contribution is 0.455. The van der Waals surface area contributed by atoms with Gasteiger partial charge in [-0.2, -0.15) is 0 Å². The summed E-state index contributed by atoms with van der Waals surface area (Å²) in [6, 6.07) is 6.47. The molecule has 0 aliphatic heterocycles. The third-order valence-electron chi connectivity index (χ3n) is 4.29. The molecule has 0 saturated heterocycles. The van der Waals surface area contributed by atoms with E-state index in [0.717, 1.165) is 30.2 Å². The normalized spacial score (nSPS) is 16.5. The first-order valence-electron chi connectivity index (χ1n) is 7.30. The molecule has 0 N–H and O–H groups in total. The number of fused-ring (bicyclic) bond motifs is 1. The zero-order chi connectivity index (χ0) is 13.2. The predicted molar refractivity (Wildman–Crippen MR) is 80.9 cm³/mol. The van der Waals surface area contributed by atoms with E-state index in [-0.39, 0.29) is 0 Å². The number of alkyl halides is 1. The van der Waals surface area contributed by atoms with Crippen LogP contribution in [-0.2, 0) is 13.0 Å². The van der Waals surface area contributed by atoms with Gasteiger partial charge in [-0.3, -0.25) is 0 Å². The van der Waals surface area contributed by atoms with E-state index in [1.165, 1.54) is 36.8 Å². The zero-order valence-electron chi connectivity index (χ0n) is 11.5. The van der Waals surface area contributed by atoms with Crippen LogP contribution in [0.15, 0.2) is 18.2 Å². The van der Waals surface area contributed by atoms with Gasteiger partial charge in [-0.05, 0) is 37.3 Å². The maximum atomic E-state index is 5.94. The Kier molecular flexibility index (Phi) is 3.79. The smallest absolute Gasteiger partial charge is 0.111 e. The highest BCUT2D eigenvalue weighted by atomic mass is 35.5. The lowest BCUT2D eigenvalue weighted by Gasteiger charge is -2.13. The third-order valence-corrected chi connectivity index (χ3v) is 4.48. The molecule has 2 nitrogen and oxygen atoms in total. The minimum absolute atomic E-state index is 0.646. The summed E-state index contributed by atoms with van der Waals surface area (Å²) in [6.45, 7) is 3.26. The second kappa shape index (κ2) is 5.54. The highest BCUT2D eigenvalue weighted by molar-refractivity contribution is 6.17. The van der Waals surface area contributed by atoms with Gasteiger partial charge in [0.2, 0.25) is 0 Å². The number of benzene rings is 1. The number of aryl methyl sites for hydroxylation is 2. The molecule has 1 fully saturated rings. The molecule has 0 radical (unpaired) electrons. The molecule has 0 spiro atoms. The van der Waals surface area contributed by atoms with E-state index in [4.69, 9.17) is 16.6 Å². The molecule has 3 heteroatoms. The Bertz CT molecular complexity index is 567. The molecule has 19 heavy (non-hydrogen) atoms. The maximum absolute atomic E-state index is 5.94. The molecule has 0 amide bonds. The molecular formula is C16H21ClN2. The van der Waals surface area contributed by atoms with Crippen molar-refractivity contribution in [3.8, 4) is 0 Å². The van der Waals surface area contributed by atoms with Crippen LogP contribution < -0.4 is 0 Å². The average molecular weight is 277 g/mol. The van der Waals surface area contributed by atoms with Crippen molar-refractivity contribution in [3.05, 3.63) is 29.6 Å². The summed E-state index contributed by atoms with van der Waals surface area (Å²) >= 11 is 5.94. The predicted octanol–water partition coefficient (Wildman–Crippen LogP) is 4.32. The number of hydrogen-bond acceptors (Lipinski definition) is 1. The molecule has 1 aliphatic rings. The van der Waals surface area contributed by atoms with Crippen LogP contribution in [0.3, 0.4) is 0 Å². The second-order valence-electron chi connectivity index (χ2n) is 5.67. The topological polar surface area (TPSA) is 17.8 Å². The Morgan fingerprint density at radius 1 is 1.32 bits per heavy atom. The van der Waals surface area contributed by atoms with Gasteiger partial charge in [-0.15, -0.1) is 11.6 Å². The summed E-state index contributed by atoms with van der Waals surface area (Å²) in [5.41, 5.74) is 3.70. The van der Waals surface area contributed by atoms with Crippen LogP contribution in [0.5, 0.6) is 0 Å². The molecule has 1 saturated carbocycles. The van der Waals surface area contributed by atoms with Crippen molar-refractivity contribution < 1.29 is 0 Å². The van der Waals surface area contributed by atoms with Gasteiger partial charge in [-0.25, -0.2) is 4.98 Å². The quantitative estimate of drug-likeness (QED) is 0.761. The summed E-state index contributed by atoms with van der Waals surface area (Å²) in [5.74, 6) is 2.63. The Morgan fingerprint density at radius 2 is 2.11 bits per heavy atom. The molecule has 1 aromatic carbocycles. The summed E-state index contributed by atoms with van der Waals surface area (Å²) in [6.07, 6.45) is 6.38. The zero-order valence-corrected chi connectivity index (χ0v) is 12.3. The lowest BCUT2D eigenvalue weighted by atomic mass is 10.1. The van der Waals surface area contributed by atoms with Gasteiger partial charge in [0, 0.05) is 18.8 Å². The average Bonchev–Trinajstić information content (AvgIpc) is 3.01. The van der Waals surface area contributed by atoms with E-state index in [1.54, 1.807) is 0 Å². The highest BCUT2D eigenvalue weighted by Gasteiger charge is 2.19. The maximum Gasteiger partial charge on any atom is 0.111 e. The molecule has 3 rings (SSSR count). The fourth-order valence-electron chi connectivity index (χ4n) is 3.27. The Balaban J connectivity index is 2.02. The largest absolute Gasteiger partial charge is 0.328 e. The Hall–Kier alpha value is -1.02. The van der Waals surface area contributed by atoms with Crippen LogP contribution in [-0.4, -0.2) is 15.4 Å². The van der Waals surface area contributed by atoms with Gasteiger partial charge in [0.05, 0.1) is 11.0 Å². The van der Waals surface area contributed by atoms with Crippen molar-refractivity contribution in [2.75, 3.05) is 5.88 Å². The first-order valence-corrected chi connectivity index (χ1v) is 7.83. The van der Waals surface area contributed by atoms with Crippen molar-refractivity contribution in [1.82, 2.24) is 9.55 Å². The lowest BCUT2D eigenvalue weighted by Crippen LogP contribution is -2.11. The van der Waals surface area contributed by atoms with Crippen molar-refractivity contribution in [1.29, 1.82) is 0 Å². The van der Waals surface area contributed by atoms with E-state index in [0.29, 0.717) is 5.88 Å². The molecule has 0 atom stereocenters. The van der Waals surface area contributed by atoms with Crippen LogP contribution in [0.25, 0.3) is 11.0 Å². The molecule has 2 aromatic rings. The van der Waals surface area contributed by atoms with Crippen LogP contribution in [0.1, 0.15) is 37.1 Å². The first-order chi connectivity index (χ1) is 9.29. The minimum atomic E-state index is 0.646. The molecular weight excluding hydrogens is 256 g/mol. The van der Waals surface area contributed by atoms with Crippen LogP contribution in [0, 0.1) is 12.8 Å². The monoisotopic (exact) mass is 276 g/mol. The van der Waals surface area contributed by atoms with Crippen LogP contribution >= 0.6 is 11.6 Å². The molecule has 1 aliphatic carbocycles. The summed E-state index contributed by atoms with van der Waals surface area (Å²) < 4.78 is 2.42. The van der Waals surface area contributed by atoms with E-state index >= 15 is 0 Å². The van der Waals surface area contributed by atoms with Crippen molar-refractivity contribution >= 4 is 22.6 Å². The molecule has 1 aromatic heterocycles. The van der Waals surface area contributed by atoms with Crippen LogP contribution in [0.2, 0.25) is 0 Å². The van der Waals surface area contributed by atoms with Gasteiger partial charge in [0.15, 0.2) is 0 Å². The van der Waals surface area contributed by atoms with Gasteiger partial charge in [0.25, 0.3) is 0 Å². The number of nitrogens with zero attached hydrogens (tertiary/aromatic N) is 2. The SMILES string of the molecule is Cc1cccc2c1nc(CCCl)n2CC1CCCC1. The number of para-hydroxylation sites is 1. The van der Waals surface area contributed by atoms with E-state index in [1.807, 2.05) is 0 Å². The number of imidazole rings is 1. The van der Waals surface area contributed by atoms with Gasteiger partial charge in [-0.1, -0.05) is 25.0 Å². The Morgan fingerprint density at radius 3 is 2.84 bits per heavy atom. The number of halogens is 1. The number of rotatable bonds is 4. The molecule has 0 bridgehead atoms. The fourth-order valence-corrected chi connectivity index (χ4v) is 3.43. The molecule has 1 heterocycles. The molecule has 0 unspecified atom stereocenters.